The monoisotopic (exact) mass is 239 g/mol. The van der Waals surface area contributed by atoms with Crippen LogP contribution in [0.3, 0.4) is 0 Å². The van der Waals surface area contributed by atoms with Gasteiger partial charge in [-0.15, -0.1) is 0 Å². The summed E-state index contributed by atoms with van der Waals surface area (Å²) in [6, 6.07) is 17.7. The molecule has 0 saturated carbocycles. The maximum absolute atomic E-state index is 11.8. The summed E-state index contributed by atoms with van der Waals surface area (Å²) in [6.07, 6.45) is 1.43. The lowest BCUT2D eigenvalue weighted by molar-refractivity contribution is -0.115. The summed E-state index contributed by atoms with van der Waals surface area (Å²) in [5.41, 5.74) is 3.16. The number of rotatable bonds is 4. The Balaban J connectivity index is 1.94. The molecule has 0 radical (unpaired) electrons. The molecular weight excluding hydrogens is 222 g/mol. The zero-order valence-electron chi connectivity index (χ0n) is 10.5. The van der Waals surface area contributed by atoms with E-state index >= 15 is 0 Å². The number of hydrogen-bond donors (Lipinski definition) is 1. The van der Waals surface area contributed by atoms with E-state index in [0.29, 0.717) is 6.42 Å². The van der Waals surface area contributed by atoms with Crippen molar-refractivity contribution in [3.63, 3.8) is 0 Å². The third-order valence-corrected chi connectivity index (χ3v) is 2.85. The molecule has 1 N–H and O–H groups in total. The van der Waals surface area contributed by atoms with E-state index in [9.17, 15) is 4.79 Å². The summed E-state index contributed by atoms with van der Waals surface area (Å²) < 4.78 is 0. The fourth-order valence-corrected chi connectivity index (χ4v) is 1.81. The number of nitrogens with one attached hydrogen (secondary N) is 1. The average molecular weight is 239 g/mol. The van der Waals surface area contributed by atoms with Crippen LogP contribution >= 0.6 is 0 Å². The van der Waals surface area contributed by atoms with Crippen LogP contribution in [-0.2, 0) is 17.6 Å². The molecule has 2 rings (SSSR count). The Bertz CT molecular complexity index is 502. The van der Waals surface area contributed by atoms with E-state index < -0.39 is 0 Å². The predicted octanol–water partition coefficient (Wildman–Crippen LogP) is 3.43. The van der Waals surface area contributed by atoms with Gasteiger partial charge >= 0.3 is 0 Å². The minimum atomic E-state index is 0.0189. The molecule has 0 aliphatic heterocycles. The Labute approximate surface area is 108 Å². The molecule has 0 bridgehead atoms. The van der Waals surface area contributed by atoms with Crippen molar-refractivity contribution in [3.8, 4) is 0 Å². The van der Waals surface area contributed by atoms with Gasteiger partial charge in [-0.25, -0.2) is 0 Å². The van der Waals surface area contributed by atoms with Crippen molar-refractivity contribution in [2.75, 3.05) is 5.32 Å². The number of carbonyl (C=O) groups is 1. The van der Waals surface area contributed by atoms with Crippen molar-refractivity contribution in [1.29, 1.82) is 0 Å². The molecule has 2 heteroatoms. The fourth-order valence-electron chi connectivity index (χ4n) is 1.81. The van der Waals surface area contributed by atoms with Gasteiger partial charge in [0.2, 0.25) is 5.91 Å². The molecule has 0 aliphatic rings. The summed E-state index contributed by atoms with van der Waals surface area (Å²) in [6.45, 7) is 2.11. The minimum Gasteiger partial charge on any atom is -0.326 e. The van der Waals surface area contributed by atoms with E-state index in [2.05, 4.69) is 12.2 Å². The molecule has 0 aromatic heterocycles. The van der Waals surface area contributed by atoms with Crippen LogP contribution in [-0.4, -0.2) is 5.91 Å². The maximum Gasteiger partial charge on any atom is 0.228 e. The van der Waals surface area contributed by atoms with E-state index in [-0.39, 0.29) is 5.91 Å². The lowest BCUT2D eigenvalue weighted by atomic mass is 10.1. The van der Waals surface area contributed by atoms with Crippen LogP contribution < -0.4 is 5.32 Å². The number of aryl methyl sites for hydroxylation is 1. The Kier molecular flexibility index (Phi) is 4.13. The molecule has 0 heterocycles. The number of anilines is 1. The molecule has 0 spiro atoms. The second kappa shape index (κ2) is 6.01. The van der Waals surface area contributed by atoms with Crippen LogP contribution in [0.15, 0.2) is 54.6 Å². The number of hydrogen-bond acceptors (Lipinski definition) is 1. The van der Waals surface area contributed by atoms with Gasteiger partial charge < -0.3 is 5.32 Å². The largest absolute Gasteiger partial charge is 0.326 e. The molecule has 2 aromatic carbocycles. The highest BCUT2D eigenvalue weighted by Gasteiger charge is 2.03. The third-order valence-electron chi connectivity index (χ3n) is 2.85. The van der Waals surface area contributed by atoms with Crippen LogP contribution in [0.2, 0.25) is 0 Å². The zero-order chi connectivity index (χ0) is 12.8. The maximum atomic E-state index is 11.8. The normalized spacial score (nSPS) is 10.1. The fraction of sp³-hybridized carbons (Fsp3) is 0.188. The number of amides is 1. The van der Waals surface area contributed by atoms with Crippen LogP contribution in [0, 0.1) is 0 Å². The molecule has 0 atom stereocenters. The van der Waals surface area contributed by atoms with Gasteiger partial charge in [0.15, 0.2) is 0 Å². The van der Waals surface area contributed by atoms with Crippen LogP contribution in [0.25, 0.3) is 0 Å². The lowest BCUT2D eigenvalue weighted by Gasteiger charge is -2.06. The molecule has 1 amide bonds. The van der Waals surface area contributed by atoms with Crippen molar-refractivity contribution in [3.05, 3.63) is 65.7 Å². The van der Waals surface area contributed by atoms with Gasteiger partial charge in [-0.05, 0) is 29.7 Å². The SMILES string of the molecule is CCc1ccc(NC(=O)Cc2ccccc2)cc1. The Morgan fingerprint density at radius 2 is 1.61 bits per heavy atom. The van der Waals surface area contributed by atoms with Gasteiger partial charge in [0, 0.05) is 5.69 Å². The van der Waals surface area contributed by atoms with Gasteiger partial charge in [-0.1, -0.05) is 49.4 Å². The first-order chi connectivity index (χ1) is 8.78. The summed E-state index contributed by atoms with van der Waals surface area (Å²) in [7, 11) is 0. The molecule has 92 valence electrons. The van der Waals surface area contributed by atoms with E-state index in [0.717, 1.165) is 17.7 Å². The molecule has 2 nitrogen and oxygen atoms in total. The van der Waals surface area contributed by atoms with Gasteiger partial charge in [0.25, 0.3) is 0 Å². The highest BCUT2D eigenvalue weighted by Crippen LogP contribution is 2.10. The van der Waals surface area contributed by atoms with Gasteiger partial charge in [-0.3, -0.25) is 4.79 Å². The van der Waals surface area contributed by atoms with Crippen molar-refractivity contribution >= 4 is 11.6 Å². The predicted molar refractivity (Wildman–Crippen MR) is 74.6 cm³/mol. The molecule has 18 heavy (non-hydrogen) atoms. The van der Waals surface area contributed by atoms with E-state index in [4.69, 9.17) is 0 Å². The number of benzene rings is 2. The molecule has 0 aliphatic carbocycles. The molecule has 0 unspecified atom stereocenters. The molecule has 0 saturated heterocycles. The standard InChI is InChI=1S/C16H17NO/c1-2-13-8-10-15(11-9-13)17-16(18)12-14-6-4-3-5-7-14/h3-11H,2,12H2,1H3,(H,17,18). The van der Waals surface area contributed by atoms with Gasteiger partial charge in [0.05, 0.1) is 6.42 Å². The topological polar surface area (TPSA) is 29.1 Å². The van der Waals surface area contributed by atoms with Gasteiger partial charge in [0.1, 0.15) is 0 Å². The van der Waals surface area contributed by atoms with Crippen LogP contribution in [0.4, 0.5) is 5.69 Å². The van der Waals surface area contributed by atoms with Crippen molar-refractivity contribution in [2.45, 2.75) is 19.8 Å². The van der Waals surface area contributed by atoms with Crippen molar-refractivity contribution in [2.24, 2.45) is 0 Å². The Morgan fingerprint density at radius 3 is 2.22 bits per heavy atom. The quantitative estimate of drug-likeness (QED) is 0.870. The first-order valence-electron chi connectivity index (χ1n) is 6.20. The Morgan fingerprint density at radius 1 is 0.944 bits per heavy atom. The first kappa shape index (κ1) is 12.4. The van der Waals surface area contributed by atoms with Crippen LogP contribution in [0.5, 0.6) is 0 Å². The smallest absolute Gasteiger partial charge is 0.228 e. The number of carbonyl (C=O) groups excluding carboxylic acids is 1. The average Bonchev–Trinajstić information content (AvgIpc) is 2.40. The van der Waals surface area contributed by atoms with E-state index in [1.807, 2.05) is 54.6 Å². The second-order valence-corrected chi connectivity index (χ2v) is 4.26. The summed E-state index contributed by atoms with van der Waals surface area (Å²) in [4.78, 5) is 11.8. The third kappa shape index (κ3) is 3.45. The second-order valence-electron chi connectivity index (χ2n) is 4.26. The highest BCUT2D eigenvalue weighted by molar-refractivity contribution is 5.92. The summed E-state index contributed by atoms with van der Waals surface area (Å²) in [5, 5.41) is 2.90. The highest BCUT2D eigenvalue weighted by atomic mass is 16.1. The van der Waals surface area contributed by atoms with E-state index in [1.54, 1.807) is 0 Å². The summed E-state index contributed by atoms with van der Waals surface area (Å²) in [5.74, 6) is 0.0189. The minimum absolute atomic E-state index is 0.0189. The molecule has 2 aromatic rings. The zero-order valence-corrected chi connectivity index (χ0v) is 10.5. The lowest BCUT2D eigenvalue weighted by Crippen LogP contribution is -2.14. The summed E-state index contributed by atoms with van der Waals surface area (Å²) >= 11 is 0. The van der Waals surface area contributed by atoms with Crippen molar-refractivity contribution < 1.29 is 4.79 Å². The van der Waals surface area contributed by atoms with Crippen LogP contribution in [0.1, 0.15) is 18.1 Å². The first-order valence-corrected chi connectivity index (χ1v) is 6.20. The molecular formula is C16H17NO. The van der Waals surface area contributed by atoms with E-state index in [1.165, 1.54) is 5.56 Å². The Hall–Kier alpha value is -2.09. The van der Waals surface area contributed by atoms with Gasteiger partial charge in [-0.2, -0.15) is 0 Å². The van der Waals surface area contributed by atoms with Crippen molar-refractivity contribution in [1.82, 2.24) is 0 Å². The molecule has 0 fully saturated rings.